The predicted octanol–water partition coefficient (Wildman–Crippen LogP) is 1.85. The molecule has 2 aromatic rings. The fourth-order valence-corrected chi connectivity index (χ4v) is 3.54. The van der Waals surface area contributed by atoms with Gasteiger partial charge in [0, 0.05) is 44.7 Å². The van der Waals surface area contributed by atoms with Gasteiger partial charge >= 0.3 is 0 Å². The number of carbonyl (C=O) groups excluding carboxylic acids is 3. The van der Waals surface area contributed by atoms with Gasteiger partial charge in [0.1, 0.15) is 0 Å². The van der Waals surface area contributed by atoms with Crippen molar-refractivity contribution in [1.82, 2.24) is 15.1 Å². The lowest BCUT2D eigenvalue weighted by atomic mass is 10.2. The molecule has 0 spiro atoms. The summed E-state index contributed by atoms with van der Waals surface area (Å²) in [4.78, 5) is 40.8. The van der Waals surface area contributed by atoms with Crippen molar-refractivity contribution >= 4 is 29.1 Å². The third-order valence-electron chi connectivity index (χ3n) is 4.31. The van der Waals surface area contributed by atoms with E-state index in [9.17, 15) is 14.4 Å². The number of benzene rings is 1. The van der Waals surface area contributed by atoms with E-state index < -0.39 is 0 Å². The first-order valence-electron chi connectivity index (χ1n) is 8.59. The molecule has 1 saturated heterocycles. The molecule has 2 heterocycles. The van der Waals surface area contributed by atoms with E-state index in [1.807, 2.05) is 23.6 Å². The molecule has 0 saturated carbocycles. The van der Waals surface area contributed by atoms with E-state index >= 15 is 0 Å². The van der Waals surface area contributed by atoms with Crippen molar-refractivity contribution < 1.29 is 14.4 Å². The number of thiophene rings is 1. The van der Waals surface area contributed by atoms with Gasteiger partial charge in [0.25, 0.3) is 11.8 Å². The van der Waals surface area contributed by atoms with Crippen molar-refractivity contribution in [2.75, 3.05) is 32.7 Å². The summed E-state index contributed by atoms with van der Waals surface area (Å²) in [7, 11) is 0. The average molecular weight is 371 g/mol. The maximum Gasteiger partial charge on any atom is 0.264 e. The van der Waals surface area contributed by atoms with Crippen LogP contribution in [0.15, 0.2) is 47.8 Å². The second-order valence-corrected chi connectivity index (χ2v) is 6.97. The molecule has 0 unspecified atom stereocenters. The molecule has 1 aliphatic heterocycles. The Balaban J connectivity index is 1.40. The Morgan fingerprint density at radius 3 is 2.27 bits per heavy atom. The fourth-order valence-electron chi connectivity index (χ4n) is 2.85. The quantitative estimate of drug-likeness (QED) is 0.872. The molecule has 0 atom stereocenters. The zero-order chi connectivity index (χ0) is 18.4. The van der Waals surface area contributed by atoms with E-state index in [0.29, 0.717) is 38.3 Å². The van der Waals surface area contributed by atoms with Gasteiger partial charge < -0.3 is 15.1 Å². The molecule has 1 aliphatic rings. The highest BCUT2D eigenvalue weighted by Crippen LogP contribution is 2.14. The molecular formula is C19H21N3O3S. The van der Waals surface area contributed by atoms with Gasteiger partial charge in [0.15, 0.2) is 0 Å². The van der Waals surface area contributed by atoms with Crippen LogP contribution < -0.4 is 5.32 Å². The number of hydrogen-bond donors (Lipinski definition) is 1. The van der Waals surface area contributed by atoms with Crippen LogP contribution in [0.4, 0.5) is 0 Å². The minimum absolute atomic E-state index is 0.00147. The van der Waals surface area contributed by atoms with Gasteiger partial charge in [-0.15, -0.1) is 11.3 Å². The van der Waals surface area contributed by atoms with Crippen LogP contribution in [0.3, 0.4) is 0 Å². The first-order valence-corrected chi connectivity index (χ1v) is 9.47. The van der Waals surface area contributed by atoms with Gasteiger partial charge in [-0.1, -0.05) is 24.3 Å². The Labute approximate surface area is 156 Å². The molecule has 0 aliphatic carbocycles. The van der Waals surface area contributed by atoms with Crippen molar-refractivity contribution in [3.63, 3.8) is 0 Å². The molecule has 136 valence electrons. The maximum atomic E-state index is 12.3. The Hall–Kier alpha value is -2.67. The van der Waals surface area contributed by atoms with Crippen molar-refractivity contribution in [3.05, 3.63) is 58.3 Å². The lowest BCUT2D eigenvalue weighted by Gasteiger charge is -2.34. The standard InChI is InChI=1S/C19H21N3O3S/c23-17(8-9-20-18(24)15-5-2-1-3-6-15)21-10-12-22(13-11-21)19(25)16-7-4-14-26-16/h1-7,14H,8-13H2,(H,20,24). The molecule has 6 nitrogen and oxygen atoms in total. The van der Waals surface area contributed by atoms with Crippen LogP contribution in [0.1, 0.15) is 26.5 Å². The minimum Gasteiger partial charge on any atom is -0.352 e. The van der Waals surface area contributed by atoms with E-state index in [1.54, 1.807) is 34.1 Å². The number of nitrogens with one attached hydrogen (secondary N) is 1. The molecule has 0 bridgehead atoms. The summed E-state index contributed by atoms with van der Waals surface area (Å²) in [6.07, 6.45) is 0.261. The van der Waals surface area contributed by atoms with Crippen LogP contribution in [-0.2, 0) is 4.79 Å². The number of nitrogens with zero attached hydrogens (tertiary/aromatic N) is 2. The minimum atomic E-state index is -0.176. The number of rotatable bonds is 5. The van der Waals surface area contributed by atoms with Crippen molar-refractivity contribution in [3.8, 4) is 0 Å². The summed E-state index contributed by atoms with van der Waals surface area (Å²) in [5.41, 5.74) is 0.584. The maximum absolute atomic E-state index is 12.3. The molecule has 0 radical (unpaired) electrons. The zero-order valence-electron chi connectivity index (χ0n) is 14.4. The van der Waals surface area contributed by atoms with E-state index in [2.05, 4.69) is 5.32 Å². The molecule has 1 aromatic carbocycles. The van der Waals surface area contributed by atoms with Gasteiger partial charge in [-0.2, -0.15) is 0 Å². The number of piperazine rings is 1. The monoisotopic (exact) mass is 371 g/mol. The van der Waals surface area contributed by atoms with Crippen LogP contribution >= 0.6 is 11.3 Å². The van der Waals surface area contributed by atoms with Crippen LogP contribution in [0.25, 0.3) is 0 Å². The van der Waals surface area contributed by atoms with Gasteiger partial charge in [-0.25, -0.2) is 0 Å². The van der Waals surface area contributed by atoms with Crippen molar-refractivity contribution in [1.29, 1.82) is 0 Å². The largest absolute Gasteiger partial charge is 0.352 e. The van der Waals surface area contributed by atoms with Gasteiger partial charge in [-0.3, -0.25) is 14.4 Å². The molecule has 7 heteroatoms. The van der Waals surface area contributed by atoms with E-state index in [0.717, 1.165) is 4.88 Å². The van der Waals surface area contributed by atoms with E-state index in [4.69, 9.17) is 0 Å². The van der Waals surface area contributed by atoms with Crippen LogP contribution in [-0.4, -0.2) is 60.2 Å². The van der Waals surface area contributed by atoms with Crippen LogP contribution in [0, 0.1) is 0 Å². The van der Waals surface area contributed by atoms with E-state index in [1.165, 1.54) is 11.3 Å². The SMILES string of the molecule is O=C(NCCC(=O)N1CCN(C(=O)c2cccs2)CC1)c1ccccc1. The molecule has 1 N–H and O–H groups in total. The van der Waals surface area contributed by atoms with Crippen LogP contribution in [0.5, 0.6) is 0 Å². The molecular weight excluding hydrogens is 350 g/mol. The van der Waals surface area contributed by atoms with Gasteiger partial charge in [0.2, 0.25) is 5.91 Å². The van der Waals surface area contributed by atoms with Gasteiger partial charge in [-0.05, 0) is 23.6 Å². The number of carbonyl (C=O) groups is 3. The summed E-state index contributed by atoms with van der Waals surface area (Å²) >= 11 is 1.43. The van der Waals surface area contributed by atoms with Gasteiger partial charge in [0.05, 0.1) is 4.88 Å². The topological polar surface area (TPSA) is 69.7 Å². The van der Waals surface area contributed by atoms with Crippen LogP contribution in [0.2, 0.25) is 0 Å². The first kappa shape index (κ1) is 18.1. The van der Waals surface area contributed by atoms with Crippen molar-refractivity contribution in [2.24, 2.45) is 0 Å². The summed E-state index contributed by atoms with van der Waals surface area (Å²) < 4.78 is 0. The van der Waals surface area contributed by atoms with Crippen molar-refractivity contribution in [2.45, 2.75) is 6.42 Å². The fraction of sp³-hybridized carbons (Fsp3) is 0.316. The highest BCUT2D eigenvalue weighted by atomic mass is 32.1. The molecule has 3 amide bonds. The predicted molar refractivity (Wildman–Crippen MR) is 100 cm³/mol. The summed E-state index contributed by atoms with van der Waals surface area (Å²) in [5.74, 6) is -0.145. The lowest BCUT2D eigenvalue weighted by molar-refractivity contribution is -0.132. The molecule has 26 heavy (non-hydrogen) atoms. The number of amides is 3. The molecule has 1 aromatic heterocycles. The average Bonchev–Trinajstić information content (AvgIpc) is 3.23. The Bertz CT molecular complexity index is 754. The normalized spacial score (nSPS) is 14.2. The molecule has 3 rings (SSSR count). The smallest absolute Gasteiger partial charge is 0.264 e. The lowest BCUT2D eigenvalue weighted by Crippen LogP contribution is -2.50. The molecule has 1 fully saturated rings. The Morgan fingerprint density at radius 2 is 1.62 bits per heavy atom. The first-order chi connectivity index (χ1) is 12.6. The summed E-state index contributed by atoms with van der Waals surface area (Å²) in [6, 6.07) is 12.6. The summed E-state index contributed by atoms with van der Waals surface area (Å²) in [5, 5.41) is 4.65. The highest BCUT2D eigenvalue weighted by Gasteiger charge is 2.25. The summed E-state index contributed by atoms with van der Waals surface area (Å²) in [6.45, 7) is 2.45. The third-order valence-corrected chi connectivity index (χ3v) is 5.17. The Morgan fingerprint density at radius 1 is 0.923 bits per heavy atom. The highest BCUT2D eigenvalue weighted by molar-refractivity contribution is 7.12. The second-order valence-electron chi connectivity index (χ2n) is 6.02. The van der Waals surface area contributed by atoms with E-state index in [-0.39, 0.29) is 24.1 Å². The zero-order valence-corrected chi connectivity index (χ0v) is 15.2. The second kappa shape index (κ2) is 8.62. The third kappa shape index (κ3) is 4.49. The number of hydrogen-bond acceptors (Lipinski definition) is 4. The Kier molecular flexibility index (Phi) is 6.01.